The van der Waals surface area contributed by atoms with Crippen LogP contribution in [0.3, 0.4) is 0 Å². The fourth-order valence-corrected chi connectivity index (χ4v) is 3.17. The van der Waals surface area contributed by atoms with E-state index in [1.807, 2.05) is 42.5 Å². The molecule has 3 aromatic carbocycles. The molecule has 36 heavy (non-hydrogen) atoms. The maximum Gasteiger partial charge on any atom is 0.412 e. The number of amides is 3. The van der Waals surface area contributed by atoms with Gasteiger partial charge in [-0.05, 0) is 74.7 Å². The third kappa shape index (κ3) is 9.13. The average molecular weight is 490 g/mol. The molecule has 0 aliphatic carbocycles. The van der Waals surface area contributed by atoms with Crippen LogP contribution in [-0.2, 0) is 22.5 Å². The van der Waals surface area contributed by atoms with Gasteiger partial charge in [0.05, 0.1) is 0 Å². The second kappa shape index (κ2) is 12.4. The van der Waals surface area contributed by atoms with Gasteiger partial charge in [0, 0.05) is 23.5 Å². The maximum absolute atomic E-state index is 12.6. The van der Waals surface area contributed by atoms with Crippen molar-refractivity contribution in [3.05, 3.63) is 95.6 Å². The number of anilines is 2. The molecule has 0 bridgehead atoms. The molecule has 0 aliphatic heterocycles. The van der Waals surface area contributed by atoms with Crippen LogP contribution in [-0.4, -0.2) is 30.2 Å². The summed E-state index contributed by atoms with van der Waals surface area (Å²) in [5.74, 6) is -0.253. The summed E-state index contributed by atoms with van der Waals surface area (Å²) in [5, 5.41) is 8.20. The Morgan fingerprint density at radius 1 is 0.722 bits per heavy atom. The van der Waals surface area contributed by atoms with E-state index < -0.39 is 17.8 Å². The van der Waals surface area contributed by atoms with Gasteiger partial charge in [-0.2, -0.15) is 0 Å². The quantitative estimate of drug-likeness (QED) is 0.373. The van der Waals surface area contributed by atoms with E-state index in [1.165, 1.54) is 0 Å². The molecule has 0 spiro atoms. The number of ether oxygens (including phenoxy) is 2. The molecule has 3 rings (SSSR count). The largest absolute Gasteiger partial charge is 0.445 e. The Kier molecular flexibility index (Phi) is 9.05. The molecular weight excluding hydrogens is 458 g/mol. The normalized spacial score (nSPS) is 10.8. The molecule has 0 fully saturated rings. The van der Waals surface area contributed by atoms with E-state index in [4.69, 9.17) is 9.47 Å². The van der Waals surface area contributed by atoms with E-state index in [0.29, 0.717) is 29.9 Å². The van der Waals surface area contributed by atoms with Crippen molar-refractivity contribution < 1.29 is 23.9 Å². The Morgan fingerprint density at radius 3 is 1.94 bits per heavy atom. The standard InChI is InChI=1S/C28H31N3O5/c1-28(2,3)36-27(34)31-24-15-13-23(14-16-24)30-25(32)22-11-9-20(10-12-22)17-18-29-26(33)35-19-21-7-5-4-6-8-21/h4-16H,17-19H2,1-3H3,(H,29,33)(H,30,32)(H,31,34). The van der Waals surface area contributed by atoms with Gasteiger partial charge >= 0.3 is 12.2 Å². The van der Waals surface area contributed by atoms with Crippen LogP contribution in [0.1, 0.15) is 42.3 Å². The van der Waals surface area contributed by atoms with E-state index >= 15 is 0 Å². The lowest BCUT2D eigenvalue weighted by atomic mass is 10.1. The zero-order valence-corrected chi connectivity index (χ0v) is 20.7. The van der Waals surface area contributed by atoms with Crippen LogP contribution >= 0.6 is 0 Å². The minimum atomic E-state index is -0.585. The molecule has 8 heteroatoms. The number of alkyl carbamates (subject to hydrolysis) is 1. The van der Waals surface area contributed by atoms with Gasteiger partial charge in [-0.3, -0.25) is 10.1 Å². The Bertz CT molecular complexity index is 1150. The van der Waals surface area contributed by atoms with Gasteiger partial charge < -0.3 is 20.1 Å². The number of rotatable bonds is 8. The number of carbonyl (C=O) groups excluding carboxylic acids is 3. The van der Waals surface area contributed by atoms with Crippen LogP contribution in [0.4, 0.5) is 21.0 Å². The lowest BCUT2D eigenvalue weighted by Gasteiger charge is -2.19. The molecule has 0 unspecified atom stereocenters. The Hall–Kier alpha value is -4.33. The first-order valence-electron chi connectivity index (χ1n) is 11.6. The van der Waals surface area contributed by atoms with Crippen molar-refractivity contribution in [1.29, 1.82) is 0 Å². The zero-order chi connectivity index (χ0) is 26.0. The Morgan fingerprint density at radius 2 is 1.33 bits per heavy atom. The van der Waals surface area contributed by atoms with Gasteiger partial charge in [-0.15, -0.1) is 0 Å². The Labute approximate surface area is 211 Å². The number of carbonyl (C=O) groups is 3. The van der Waals surface area contributed by atoms with E-state index in [9.17, 15) is 14.4 Å². The highest BCUT2D eigenvalue weighted by molar-refractivity contribution is 6.04. The molecule has 3 aromatic rings. The molecule has 3 amide bonds. The molecule has 0 aliphatic rings. The first-order valence-corrected chi connectivity index (χ1v) is 11.6. The summed E-state index contributed by atoms with van der Waals surface area (Å²) in [4.78, 5) is 36.3. The van der Waals surface area contributed by atoms with Crippen molar-refractivity contribution in [2.75, 3.05) is 17.2 Å². The topological polar surface area (TPSA) is 106 Å². The van der Waals surface area contributed by atoms with E-state index in [0.717, 1.165) is 11.1 Å². The van der Waals surface area contributed by atoms with Crippen molar-refractivity contribution in [1.82, 2.24) is 5.32 Å². The number of hydrogen-bond donors (Lipinski definition) is 3. The summed E-state index contributed by atoms with van der Waals surface area (Å²) in [7, 11) is 0. The summed E-state index contributed by atoms with van der Waals surface area (Å²) in [6.07, 6.45) is -0.408. The molecule has 188 valence electrons. The van der Waals surface area contributed by atoms with Crippen molar-refractivity contribution in [3.8, 4) is 0 Å². The summed E-state index contributed by atoms with van der Waals surface area (Å²) in [6.45, 7) is 6.01. The second-order valence-corrected chi connectivity index (χ2v) is 9.09. The molecule has 0 saturated heterocycles. The molecule has 0 heterocycles. The summed E-state index contributed by atoms with van der Waals surface area (Å²) >= 11 is 0. The molecule has 0 radical (unpaired) electrons. The fraction of sp³-hybridized carbons (Fsp3) is 0.250. The highest BCUT2D eigenvalue weighted by atomic mass is 16.6. The lowest BCUT2D eigenvalue weighted by molar-refractivity contribution is 0.0635. The van der Waals surface area contributed by atoms with Crippen LogP contribution in [0, 0.1) is 0 Å². The third-order valence-corrected chi connectivity index (χ3v) is 4.90. The van der Waals surface area contributed by atoms with Gasteiger partial charge in [0.1, 0.15) is 12.2 Å². The first-order chi connectivity index (χ1) is 17.2. The summed E-state index contributed by atoms with van der Waals surface area (Å²) in [5.41, 5.74) is 2.98. The van der Waals surface area contributed by atoms with Gasteiger partial charge in [0.15, 0.2) is 0 Å². The van der Waals surface area contributed by atoms with Crippen LogP contribution in [0.5, 0.6) is 0 Å². The third-order valence-electron chi connectivity index (χ3n) is 4.90. The highest BCUT2D eigenvalue weighted by Crippen LogP contribution is 2.16. The first kappa shape index (κ1) is 26.3. The van der Waals surface area contributed by atoms with Gasteiger partial charge in [0.2, 0.25) is 0 Å². The van der Waals surface area contributed by atoms with E-state index in [-0.39, 0.29) is 12.5 Å². The van der Waals surface area contributed by atoms with Gasteiger partial charge in [-0.25, -0.2) is 9.59 Å². The number of benzene rings is 3. The predicted octanol–water partition coefficient (Wildman–Crippen LogP) is 5.75. The van der Waals surface area contributed by atoms with Crippen molar-refractivity contribution in [2.24, 2.45) is 0 Å². The number of nitrogens with one attached hydrogen (secondary N) is 3. The number of hydrogen-bond acceptors (Lipinski definition) is 5. The molecule has 0 aromatic heterocycles. The minimum absolute atomic E-state index is 0.222. The fourth-order valence-electron chi connectivity index (χ4n) is 3.17. The Balaban J connectivity index is 1.41. The van der Waals surface area contributed by atoms with E-state index in [2.05, 4.69) is 16.0 Å². The maximum atomic E-state index is 12.6. The minimum Gasteiger partial charge on any atom is -0.445 e. The average Bonchev–Trinajstić information content (AvgIpc) is 2.84. The van der Waals surface area contributed by atoms with Crippen LogP contribution in [0.25, 0.3) is 0 Å². The summed E-state index contributed by atoms with van der Waals surface area (Å²) in [6, 6.07) is 23.4. The molecule has 8 nitrogen and oxygen atoms in total. The van der Waals surface area contributed by atoms with Crippen LogP contribution in [0.15, 0.2) is 78.9 Å². The molecular formula is C28H31N3O5. The van der Waals surface area contributed by atoms with Crippen molar-refractivity contribution in [2.45, 2.75) is 39.4 Å². The monoisotopic (exact) mass is 489 g/mol. The SMILES string of the molecule is CC(C)(C)OC(=O)Nc1ccc(NC(=O)c2ccc(CCNC(=O)OCc3ccccc3)cc2)cc1. The summed E-state index contributed by atoms with van der Waals surface area (Å²) < 4.78 is 10.4. The van der Waals surface area contributed by atoms with Crippen molar-refractivity contribution in [3.63, 3.8) is 0 Å². The highest BCUT2D eigenvalue weighted by Gasteiger charge is 2.16. The van der Waals surface area contributed by atoms with Crippen LogP contribution in [0.2, 0.25) is 0 Å². The molecule has 3 N–H and O–H groups in total. The van der Waals surface area contributed by atoms with Crippen molar-refractivity contribution >= 4 is 29.5 Å². The zero-order valence-electron chi connectivity index (χ0n) is 20.7. The van der Waals surface area contributed by atoms with Crippen LogP contribution < -0.4 is 16.0 Å². The lowest BCUT2D eigenvalue weighted by Crippen LogP contribution is -2.27. The smallest absolute Gasteiger partial charge is 0.412 e. The van der Waals surface area contributed by atoms with Gasteiger partial charge in [-0.1, -0.05) is 42.5 Å². The van der Waals surface area contributed by atoms with Gasteiger partial charge in [0.25, 0.3) is 5.91 Å². The van der Waals surface area contributed by atoms with E-state index in [1.54, 1.807) is 57.2 Å². The molecule has 0 atom stereocenters. The molecule has 0 saturated carbocycles. The predicted molar refractivity (Wildman–Crippen MR) is 139 cm³/mol. The second-order valence-electron chi connectivity index (χ2n) is 9.09.